The lowest BCUT2D eigenvalue weighted by molar-refractivity contribution is 1.02. The summed E-state index contributed by atoms with van der Waals surface area (Å²) < 4.78 is 0. The molecule has 43 heavy (non-hydrogen) atoms. The van der Waals surface area contributed by atoms with Crippen molar-refractivity contribution in [3.05, 3.63) is 146 Å². The van der Waals surface area contributed by atoms with E-state index in [9.17, 15) is 0 Å². The number of nitrogens with two attached hydrogens (primary N) is 1. The van der Waals surface area contributed by atoms with E-state index in [4.69, 9.17) is 20.8 Å². The second-order valence-corrected chi connectivity index (χ2v) is 10.5. The molecule has 5 heteroatoms. The maximum atomic E-state index is 5.88. The fourth-order valence-electron chi connectivity index (χ4n) is 5.34. The van der Waals surface area contributed by atoms with Crippen molar-refractivity contribution < 1.29 is 0 Å². The van der Waals surface area contributed by atoms with Crippen LogP contribution in [0.1, 0.15) is 0 Å². The number of aromatic nitrogens is 3. The summed E-state index contributed by atoms with van der Waals surface area (Å²) in [6.07, 6.45) is 0. The Morgan fingerprint density at radius 3 is 1.49 bits per heavy atom. The predicted molar refractivity (Wildman–Crippen MR) is 177 cm³/mol. The fraction of sp³-hybridized carbons (Fsp3) is 0.0263. The molecule has 0 aliphatic carbocycles. The fourth-order valence-corrected chi connectivity index (χ4v) is 5.34. The topological polar surface area (TPSA) is 67.9 Å². The number of benzene rings is 6. The number of anilines is 1. The van der Waals surface area contributed by atoms with Crippen LogP contribution in [0.2, 0.25) is 0 Å². The van der Waals surface area contributed by atoms with Crippen LogP contribution < -0.4 is 10.9 Å². The van der Waals surface area contributed by atoms with E-state index < -0.39 is 0 Å². The molecule has 0 radical (unpaired) electrons. The highest BCUT2D eigenvalue weighted by Gasteiger charge is 2.13. The van der Waals surface area contributed by atoms with E-state index in [1.165, 1.54) is 21.9 Å². The molecule has 5 nitrogen and oxygen atoms in total. The zero-order chi connectivity index (χ0) is 29.2. The van der Waals surface area contributed by atoms with E-state index in [2.05, 4.69) is 72.8 Å². The minimum absolute atomic E-state index is 0.647. The molecule has 0 saturated heterocycles. The average molecular weight is 556 g/mol. The van der Waals surface area contributed by atoms with Crippen LogP contribution in [-0.4, -0.2) is 22.0 Å². The Morgan fingerprint density at radius 2 is 0.930 bits per heavy atom. The first kappa shape index (κ1) is 26.3. The Bertz CT molecular complexity index is 1960. The minimum Gasteiger partial charge on any atom is -0.314 e. The summed E-state index contributed by atoms with van der Waals surface area (Å²) in [4.78, 5) is 14.6. The Labute approximate surface area is 250 Å². The van der Waals surface area contributed by atoms with Crippen molar-refractivity contribution in [3.8, 4) is 56.4 Å². The molecule has 0 atom stereocenters. The van der Waals surface area contributed by atoms with Gasteiger partial charge in [0, 0.05) is 23.7 Å². The zero-order valence-electron chi connectivity index (χ0n) is 23.7. The normalized spacial score (nSPS) is 11.0. The van der Waals surface area contributed by atoms with Crippen LogP contribution in [-0.2, 0) is 0 Å². The number of nitrogens with zero attached hydrogens (tertiary/aromatic N) is 4. The van der Waals surface area contributed by atoms with Gasteiger partial charge in [-0.25, -0.2) is 20.8 Å². The van der Waals surface area contributed by atoms with Gasteiger partial charge in [-0.05, 0) is 51.2 Å². The summed E-state index contributed by atoms with van der Waals surface area (Å²) in [5.41, 5.74) is 8.47. The van der Waals surface area contributed by atoms with Crippen molar-refractivity contribution in [2.75, 3.05) is 12.1 Å². The summed E-state index contributed by atoms with van der Waals surface area (Å²) in [5.74, 6) is 7.83. The summed E-state index contributed by atoms with van der Waals surface area (Å²) in [6.45, 7) is 0. The van der Waals surface area contributed by atoms with Crippen LogP contribution in [0.4, 0.5) is 5.69 Å². The highest BCUT2D eigenvalue weighted by Crippen LogP contribution is 2.33. The molecular formula is C38H29N5. The molecule has 7 aromatic rings. The number of fused-ring (bicyclic) bond motifs is 1. The first-order chi connectivity index (χ1) is 21.1. The van der Waals surface area contributed by atoms with E-state index in [-0.39, 0.29) is 0 Å². The van der Waals surface area contributed by atoms with Gasteiger partial charge in [0.1, 0.15) is 0 Å². The summed E-state index contributed by atoms with van der Waals surface area (Å²) in [6, 6.07) is 50.0. The van der Waals surface area contributed by atoms with Gasteiger partial charge in [0.15, 0.2) is 17.5 Å². The van der Waals surface area contributed by atoms with Crippen LogP contribution >= 0.6 is 0 Å². The molecule has 0 bridgehead atoms. The number of hydrogen-bond donors (Lipinski definition) is 1. The molecular weight excluding hydrogens is 526 g/mol. The smallest absolute Gasteiger partial charge is 0.164 e. The van der Waals surface area contributed by atoms with Crippen molar-refractivity contribution >= 4 is 16.5 Å². The van der Waals surface area contributed by atoms with Crippen molar-refractivity contribution in [1.29, 1.82) is 0 Å². The molecule has 0 unspecified atom stereocenters. The molecule has 0 fully saturated rings. The molecule has 0 aliphatic rings. The van der Waals surface area contributed by atoms with Gasteiger partial charge in [0.2, 0.25) is 0 Å². The monoisotopic (exact) mass is 555 g/mol. The highest BCUT2D eigenvalue weighted by molar-refractivity contribution is 5.99. The van der Waals surface area contributed by atoms with Gasteiger partial charge in [-0.2, -0.15) is 0 Å². The highest BCUT2D eigenvalue weighted by atomic mass is 15.4. The van der Waals surface area contributed by atoms with Crippen LogP contribution in [0, 0.1) is 0 Å². The molecule has 0 amide bonds. The third kappa shape index (κ3) is 5.37. The van der Waals surface area contributed by atoms with Crippen LogP contribution in [0.3, 0.4) is 0 Å². The van der Waals surface area contributed by atoms with Crippen molar-refractivity contribution in [2.24, 2.45) is 5.84 Å². The lowest BCUT2D eigenvalue weighted by Gasteiger charge is -2.13. The molecule has 206 valence electrons. The van der Waals surface area contributed by atoms with Gasteiger partial charge in [-0.1, -0.05) is 127 Å². The van der Waals surface area contributed by atoms with Crippen LogP contribution in [0.25, 0.3) is 67.2 Å². The standard InChI is InChI=1S/C38H29N5/c1-43(39)33-22-19-26(20-23-33)31-21-24-35-32(25-31)13-8-14-34(35)27-15-17-30(18-16-27)38-41-36(28-9-4-2-5-10-28)40-37(42-38)29-11-6-3-7-12-29/h2-25H,39H2,1H3. The zero-order valence-corrected chi connectivity index (χ0v) is 23.7. The summed E-state index contributed by atoms with van der Waals surface area (Å²) in [7, 11) is 1.84. The van der Waals surface area contributed by atoms with Crippen LogP contribution in [0.5, 0.6) is 0 Å². The lowest BCUT2D eigenvalue weighted by Crippen LogP contribution is -2.24. The Morgan fingerprint density at radius 1 is 0.442 bits per heavy atom. The number of rotatable bonds is 6. The van der Waals surface area contributed by atoms with Gasteiger partial charge < -0.3 is 5.01 Å². The van der Waals surface area contributed by atoms with Gasteiger partial charge in [0.05, 0.1) is 5.69 Å². The van der Waals surface area contributed by atoms with Gasteiger partial charge in [-0.3, -0.25) is 0 Å². The average Bonchev–Trinajstić information content (AvgIpc) is 3.08. The van der Waals surface area contributed by atoms with E-state index in [0.717, 1.165) is 33.5 Å². The molecule has 6 aromatic carbocycles. The first-order valence-electron chi connectivity index (χ1n) is 14.2. The predicted octanol–water partition coefficient (Wildman–Crippen LogP) is 8.67. The molecule has 1 aromatic heterocycles. The largest absolute Gasteiger partial charge is 0.314 e. The third-order valence-electron chi connectivity index (χ3n) is 7.64. The van der Waals surface area contributed by atoms with Gasteiger partial charge >= 0.3 is 0 Å². The Kier molecular flexibility index (Phi) is 6.91. The molecule has 0 aliphatic heterocycles. The van der Waals surface area contributed by atoms with Crippen molar-refractivity contribution in [2.45, 2.75) is 0 Å². The maximum absolute atomic E-state index is 5.88. The molecule has 0 saturated carbocycles. The Hall–Kier alpha value is -5.65. The number of hydrazine groups is 1. The van der Waals surface area contributed by atoms with Gasteiger partial charge in [0.25, 0.3) is 0 Å². The second-order valence-electron chi connectivity index (χ2n) is 10.5. The van der Waals surface area contributed by atoms with Crippen molar-refractivity contribution in [3.63, 3.8) is 0 Å². The van der Waals surface area contributed by atoms with E-state index in [1.807, 2.05) is 79.8 Å². The Balaban J connectivity index is 1.24. The molecule has 1 heterocycles. The second kappa shape index (κ2) is 11.3. The molecule has 7 rings (SSSR count). The van der Waals surface area contributed by atoms with E-state index in [0.29, 0.717) is 17.5 Å². The maximum Gasteiger partial charge on any atom is 0.164 e. The SMILES string of the molecule is CN(N)c1ccc(-c2ccc3c(-c4ccc(-c5nc(-c6ccccc6)nc(-c6ccccc6)n5)cc4)cccc3c2)cc1. The minimum atomic E-state index is 0.647. The quantitative estimate of drug-likeness (QED) is 0.164. The van der Waals surface area contributed by atoms with E-state index >= 15 is 0 Å². The van der Waals surface area contributed by atoms with Crippen molar-refractivity contribution in [1.82, 2.24) is 15.0 Å². The summed E-state index contributed by atoms with van der Waals surface area (Å²) >= 11 is 0. The van der Waals surface area contributed by atoms with Crippen LogP contribution in [0.15, 0.2) is 146 Å². The molecule has 0 spiro atoms. The van der Waals surface area contributed by atoms with Gasteiger partial charge in [-0.15, -0.1) is 0 Å². The number of hydrogen-bond acceptors (Lipinski definition) is 5. The third-order valence-corrected chi connectivity index (χ3v) is 7.64. The summed E-state index contributed by atoms with van der Waals surface area (Å²) in [5, 5.41) is 4.01. The molecule has 2 N–H and O–H groups in total. The first-order valence-corrected chi connectivity index (χ1v) is 14.2. The lowest BCUT2D eigenvalue weighted by atomic mass is 9.94. The van der Waals surface area contributed by atoms with E-state index in [1.54, 1.807) is 5.01 Å².